The summed E-state index contributed by atoms with van der Waals surface area (Å²) in [6, 6.07) is 1.34. The van der Waals surface area contributed by atoms with E-state index in [0.717, 1.165) is 6.42 Å². The quantitative estimate of drug-likeness (QED) is 0.534. The Bertz CT molecular complexity index is 282. The van der Waals surface area contributed by atoms with Gasteiger partial charge in [-0.25, -0.2) is 0 Å². The lowest BCUT2D eigenvalue weighted by atomic mass is 9.89. The number of carbonyl (C=O) groups excluding carboxylic acids is 1. The summed E-state index contributed by atoms with van der Waals surface area (Å²) in [4.78, 5) is 11.8. The molecule has 0 aromatic heterocycles. The lowest BCUT2D eigenvalue weighted by Crippen LogP contribution is -2.39. The van der Waals surface area contributed by atoms with E-state index in [-0.39, 0.29) is 5.91 Å². The van der Waals surface area contributed by atoms with Crippen LogP contribution in [0.25, 0.3) is 0 Å². The van der Waals surface area contributed by atoms with E-state index >= 15 is 0 Å². The van der Waals surface area contributed by atoms with Crippen LogP contribution in [0.3, 0.4) is 0 Å². The molecule has 4 heteroatoms. The van der Waals surface area contributed by atoms with Gasteiger partial charge in [0.15, 0.2) is 0 Å². The first kappa shape index (κ1) is 13.4. The van der Waals surface area contributed by atoms with Gasteiger partial charge >= 0.3 is 0 Å². The Morgan fingerprint density at radius 2 is 2.11 bits per heavy atom. The minimum Gasteiger partial charge on any atom is -0.502 e. The van der Waals surface area contributed by atoms with E-state index in [2.05, 4.69) is 17.2 Å². The highest BCUT2D eigenvalue weighted by Gasteiger charge is 2.33. The van der Waals surface area contributed by atoms with Gasteiger partial charge in [0.1, 0.15) is 0 Å². The summed E-state index contributed by atoms with van der Waals surface area (Å²) in [5.41, 5.74) is 0. The van der Waals surface area contributed by atoms with Crippen LogP contribution >= 0.6 is 0 Å². The van der Waals surface area contributed by atoms with Gasteiger partial charge in [-0.3, -0.25) is 4.79 Å². The van der Waals surface area contributed by atoms with Crippen molar-refractivity contribution in [1.82, 2.24) is 10.6 Å². The minimum absolute atomic E-state index is 0.194. The highest BCUT2D eigenvalue weighted by molar-refractivity contribution is 5.76. The number of carbonyl (C=O) groups is 1. The van der Waals surface area contributed by atoms with Crippen LogP contribution in [-0.2, 0) is 9.53 Å². The Morgan fingerprint density at radius 1 is 1.39 bits per heavy atom. The third-order valence-corrected chi connectivity index (χ3v) is 3.92. The van der Waals surface area contributed by atoms with Crippen LogP contribution in [0.4, 0.5) is 0 Å². The van der Waals surface area contributed by atoms with Crippen molar-refractivity contribution in [2.45, 2.75) is 50.6 Å². The molecule has 102 valence electrons. The Hall–Kier alpha value is -1.03. The van der Waals surface area contributed by atoms with Crippen LogP contribution in [0.1, 0.15) is 38.5 Å². The molecule has 0 spiro atoms. The summed E-state index contributed by atoms with van der Waals surface area (Å²) < 4.78 is 5.01. The Morgan fingerprint density at radius 3 is 2.78 bits per heavy atom. The smallest absolute Gasteiger partial charge is 0.220 e. The third kappa shape index (κ3) is 4.02. The predicted octanol–water partition coefficient (Wildman–Crippen LogP) is 1.57. The number of amides is 1. The average Bonchev–Trinajstić information content (AvgIpc) is 2.68. The second kappa shape index (κ2) is 6.78. The maximum absolute atomic E-state index is 11.8. The number of ether oxygens (including phenoxy) is 1. The molecule has 4 nitrogen and oxygen atoms in total. The fourth-order valence-electron chi connectivity index (χ4n) is 3.14. The van der Waals surface area contributed by atoms with Gasteiger partial charge in [0.05, 0.1) is 12.9 Å². The molecule has 2 aliphatic rings. The Labute approximate surface area is 109 Å². The fourth-order valence-corrected chi connectivity index (χ4v) is 3.14. The molecule has 1 amide bonds. The molecule has 0 aromatic carbocycles. The Kier molecular flexibility index (Phi) is 5.05. The number of fused-ring (bicyclic) bond motifs is 2. The summed E-state index contributed by atoms with van der Waals surface area (Å²) in [5, 5.41) is 6.57. The van der Waals surface area contributed by atoms with E-state index in [1.165, 1.54) is 31.9 Å². The average molecular weight is 252 g/mol. The normalized spacial score (nSPS) is 29.9. The van der Waals surface area contributed by atoms with E-state index in [1.54, 1.807) is 0 Å². The van der Waals surface area contributed by atoms with E-state index in [9.17, 15) is 4.79 Å². The molecule has 2 unspecified atom stereocenters. The van der Waals surface area contributed by atoms with Gasteiger partial charge in [-0.05, 0) is 38.0 Å². The molecule has 0 radical (unpaired) electrons. The van der Waals surface area contributed by atoms with Crippen molar-refractivity contribution >= 4 is 5.91 Å². The molecule has 2 bridgehead atoms. The molecule has 0 saturated carbocycles. The zero-order valence-corrected chi connectivity index (χ0v) is 11.0. The van der Waals surface area contributed by atoms with Crippen LogP contribution in [-0.4, -0.2) is 31.1 Å². The van der Waals surface area contributed by atoms with Crippen molar-refractivity contribution in [3.8, 4) is 0 Å². The molecule has 0 aliphatic carbocycles. The Balaban J connectivity index is 1.58. The molecule has 2 atom stereocenters. The van der Waals surface area contributed by atoms with Crippen molar-refractivity contribution in [3.05, 3.63) is 12.8 Å². The second-order valence-electron chi connectivity index (χ2n) is 5.42. The highest BCUT2D eigenvalue weighted by Crippen LogP contribution is 2.32. The summed E-state index contributed by atoms with van der Waals surface area (Å²) in [5.74, 6) is 0.771. The van der Waals surface area contributed by atoms with Crippen molar-refractivity contribution in [2.75, 3.05) is 13.2 Å². The standard InChI is InChI=1S/C14H24N2O2/c1-2-18-7-3-6-15-14(17)10-11-8-12-4-5-13(9-11)16-12/h2,11-13,16H,1,3-10H2,(H,15,17). The van der Waals surface area contributed by atoms with Crippen LogP contribution in [0.2, 0.25) is 0 Å². The molecule has 18 heavy (non-hydrogen) atoms. The maximum atomic E-state index is 11.8. The molecule has 2 fully saturated rings. The van der Waals surface area contributed by atoms with Gasteiger partial charge in [0.2, 0.25) is 5.91 Å². The van der Waals surface area contributed by atoms with Crippen molar-refractivity contribution in [3.63, 3.8) is 0 Å². The van der Waals surface area contributed by atoms with Crippen molar-refractivity contribution < 1.29 is 9.53 Å². The molecule has 2 aliphatic heterocycles. The number of hydrogen-bond acceptors (Lipinski definition) is 3. The van der Waals surface area contributed by atoms with Crippen LogP contribution in [0.5, 0.6) is 0 Å². The minimum atomic E-state index is 0.194. The summed E-state index contributed by atoms with van der Waals surface area (Å²) in [6.07, 6.45) is 7.90. The van der Waals surface area contributed by atoms with Gasteiger partial charge in [-0.1, -0.05) is 6.58 Å². The molecule has 2 heterocycles. The van der Waals surface area contributed by atoms with Crippen molar-refractivity contribution in [2.24, 2.45) is 5.92 Å². The second-order valence-corrected chi connectivity index (χ2v) is 5.42. The van der Waals surface area contributed by atoms with Crippen LogP contribution in [0, 0.1) is 5.92 Å². The SMILES string of the molecule is C=COCCCNC(=O)CC1CC2CCC(C1)N2. The first-order valence-corrected chi connectivity index (χ1v) is 7.03. The highest BCUT2D eigenvalue weighted by atomic mass is 16.5. The monoisotopic (exact) mass is 252 g/mol. The fraction of sp³-hybridized carbons (Fsp3) is 0.786. The largest absolute Gasteiger partial charge is 0.502 e. The molecule has 2 N–H and O–H groups in total. The first-order valence-electron chi connectivity index (χ1n) is 7.03. The molecular formula is C14H24N2O2. The third-order valence-electron chi connectivity index (χ3n) is 3.92. The van der Waals surface area contributed by atoms with E-state index < -0.39 is 0 Å². The lowest BCUT2D eigenvalue weighted by Gasteiger charge is -2.28. The predicted molar refractivity (Wildman–Crippen MR) is 71.1 cm³/mol. The lowest BCUT2D eigenvalue weighted by molar-refractivity contribution is -0.122. The number of rotatable bonds is 7. The first-order chi connectivity index (χ1) is 8.78. The number of piperidine rings is 1. The summed E-state index contributed by atoms with van der Waals surface area (Å²) in [7, 11) is 0. The summed E-state index contributed by atoms with van der Waals surface area (Å²) >= 11 is 0. The van der Waals surface area contributed by atoms with Crippen molar-refractivity contribution in [1.29, 1.82) is 0 Å². The van der Waals surface area contributed by atoms with Crippen LogP contribution < -0.4 is 10.6 Å². The van der Waals surface area contributed by atoms with Gasteiger partial charge in [-0.15, -0.1) is 0 Å². The molecule has 0 aromatic rings. The van der Waals surface area contributed by atoms with Gasteiger partial charge in [-0.2, -0.15) is 0 Å². The van der Waals surface area contributed by atoms with Gasteiger partial charge in [0, 0.05) is 25.0 Å². The number of hydrogen-bond donors (Lipinski definition) is 2. The molecular weight excluding hydrogens is 228 g/mol. The molecule has 2 rings (SSSR count). The van der Waals surface area contributed by atoms with E-state index in [0.29, 0.717) is 37.6 Å². The van der Waals surface area contributed by atoms with Crippen LogP contribution in [0.15, 0.2) is 12.8 Å². The van der Waals surface area contributed by atoms with E-state index in [4.69, 9.17) is 4.74 Å². The zero-order chi connectivity index (χ0) is 12.8. The van der Waals surface area contributed by atoms with Gasteiger partial charge < -0.3 is 15.4 Å². The molecule has 2 saturated heterocycles. The van der Waals surface area contributed by atoms with E-state index in [1.807, 2.05) is 0 Å². The topological polar surface area (TPSA) is 50.4 Å². The summed E-state index contributed by atoms with van der Waals surface area (Å²) in [6.45, 7) is 4.80. The number of nitrogens with one attached hydrogen (secondary N) is 2. The maximum Gasteiger partial charge on any atom is 0.220 e. The van der Waals surface area contributed by atoms with Gasteiger partial charge in [0.25, 0.3) is 0 Å². The zero-order valence-electron chi connectivity index (χ0n) is 11.0.